The molecule has 0 aliphatic heterocycles. The van der Waals surface area contributed by atoms with Gasteiger partial charge in [-0.3, -0.25) is 9.78 Å². The third-order valence-electron chi connectivity index (χ3n) is 3.39. The number of ether oxygens (including phenoxy) is 1. The van der Waals surface area contributed by atoms with Crippen molar-refractivity contribution in [2.24, 2.45) is 4.99 Å². The zero-order valence-corrected chi connectivity index (χ0v) is 13.4. The van der Waals surface area contributed by atoms with Crippen LogP contribution in [0.5, 0.6) is 11.6 Å². The molecule has 0 spiro atoms. The Labute approximate surface area is 140 Å². The molecule has 0 unspecified atom stereocenters. The van der Waals surface area contributed by atoms with Crippen LogP contribution in [0.2, 0.25) is 0 Å². The Bertz CT molecular complexity index is 1040. The summed E-state index contributed by atoms with van der Waals surface area (Å²) >= 11 is 0. The number of nitrogens with zero attached hydrogens (tertiary/aromatic N) is 3. The summed E-state index contributed by atoms with van der Waals surface area (Å²) in [6.45, 7) is 1.69. The van der Waals surface area contributed by atoms with E-state index in [-0.39, 0.29) is 11.4 Å². The maximum absolute atomic E-state index is 12.1. The van der Waals surface area contributed by atoms with Crippen LogP contribution in [0.3, 0.4) is 0 Å². The Morgan fingerprint density at radius 3 is 2.64 bits per heavy atom. The van der Waals surface area contributed by atoms with Crippen molar-refractivity contribution in [1.29, 1.82) is 0 Å². The van der Waals surface area contributed by atoms with E-state index in [4.69, 9.17) is 9.26 Å². The van der Waals surface area contributed by atoms with E-state index in [9.17, 15) is 14.7 Å². The quantitative estimate of drug-likeness (QED) is 0.689. The van der Waals surface area contributed by atoms with Crippen molar-refractivity contribution in [3.63, 3.8) is 0 Å². The number of aromatic hydroxyl groups is 1. The number of aliphatic imine (C=N–C) groups is 1. The highest BCUT2D eigenvalue weighted by Crippen LogP contribution is 2.19. The van der Waals surface area contributed by atoms with E-state index >= 15 is 0 Å². The van der Waals surface area contributed by atoms with Crippen LogP contribution in [0.25, 0.3) is 5.69 Å². The lowest BCUT2D eigenvalue weighted by Gasteiger charge is -2.10. The van der Waals surface area contributed by atoms with Crippen molar-refractivity contribution in [2.45, 2.75) is 6.92 Å². The van der Waals surface area contributed by atoms with Gasteiger partial charge in [0.15, 0.2) is 5.82 Å². The van der Waals surface area contributed by atoms with Crippen LogP contribution in [0.1, 0.15) is 11.3 Å². The van der Waals surface area contributed by atoms with Crippen LogP contribution in [0.15, 0.2) is 49.4 Å². The van der Waals surface area contributed by atoms with Crippen LogP contribution in [-0.4, -0.2) is 33.1 Å². The van der Waals surface area contributed by atoms with Gasteiger partial charge < -0.3 is 14.4 Å². The minimum Gasteiger partial charge on any atom is -0.497 e. The summed E-state index contributed by atoms with van der Waals surface area (Å²) in [7, 11) is 1.51. The molecule has 128 valence electrons. The Hall–Kier alpha value is -3.62. The Morgan fingerprint density at radius 2 is 2.04 bits per heavy atom. The molecule has 3 aromatic rings. The number of aryl methyl sites for hydroxylation is 1. The average Bonchev–Trinajstić information content (AvgIpc) is 3.00. The van der Waals surface area contributed by atoms with Gasteiger partial charge in [0.05, 0.1) is 12.8 Å². The summed E-state index contributed by atoms with van der Waals surface area (Å²) in [6.07, 6.45) is 1.12. The molecule has 0 aliphatic rings. The average molecular weight is 342 g/mol. The van der Waals surface area contributed by atoms with Crippen LogP contribution >= 0.6 is 0 Å². The molecule has 0 aliphatic carbocycles. The van der Waals surface area contributed by atoms with E-state index in [0.29, 0.717) is 17.2 Å². The summed E-state index contributed by atoms with van der Waals surface area (Å²) < 4.78 is 10.9. The molecular formula is C16H14N4O5. The molecule has 0 radical (unpaired) electrons. The molecular weight excluding hydrogens is 328 g/mol. The van der Waals surface area contributed by atoms with Gasteiger partial charge in [-0.2, -0.15) is 0 Å². The minimum atomic E-state index is -0.776. The molecule has 0 fully saturated rings. The summed E-state index contributed by atoms with van der Waals surface area (Å²) in [4.78, 5) is 30.2. The first kappa shape index (κ1) is 16.2. The molecule has 0 bridgehead atoms. The molecule has 0 atom stereocenters. The number of aromatic amines is 1. The molecule has 2 heterocycles. The highest BCUT2D eigenvalue weighted by Gasteiger charge is 2.14. The van der Waals surface area contributed by atoms with Crippen LogP contribution < -0.4 is 16.0 Å². The number of methoxy groups -OCH3 is 1. The first-order valence-corrected chi connectivity index (χ1v) is 7.19. The van der Waals surface area contributed by atoms with Gasteiger partial charge in [-0.25, -0.2) is 14.4 Å². The third-order valence-corrected chi connectivity index (χ3v) is 3.39. The molecule has 1 aromatic carbocycles. The minimum absolute atomic E-state index is 0.184. The molecule has 2 N–H and O–H groups in total. The van der Waals surface area contributed by atoms with E-state index in [1.807, 2.05) is 0 Å². The van der Waals surface area contributed by atoms with Gasteiger partial charge in [0.1, 0.15) is 17.1 Å². The Kier molecular flexibility index (Phi) is 4.21. The largest absolute Gasteiger partial charge is 0.497 e. The highest BCUT2D eigenvalue weighted by atomic mass is 16.5. The second kappa shape index (κ2) is 6.48. The monoisotopic (exact) mass is 342 g/mol. The molecule has 0 amide bonds. The summed E-state index contributed by atoms with van der Waals surface area (Å²) in [5.74, 6) is 0.832. The smallest absolute Gasteiger partial charge is 0.335 e. The number of benzene rings is 1. The van der Waals surface area contributed by atoms with E-state index in [2.05, 4.69) is 15.1 Å². The highest BCUT2D eigenvalue weighted by molar-refractivity contribution is 5.83. The van der Waals surface area contributed by atoms with E-state index in [1.54, 1.807) is 37.3 Å². The molecule has 9 heteroatoms. The van der Waals surface area contributed by atoms with Crippen LogP contribution in [0.4, 0.5) is 5.82 Å². The number of hydrogen-bond acceptors (Lipinski definition) is 7. The zero-order chi connectivity index (χ0) is 18.0. The summed E-state index contributed by atoms with van der Waals surface area (Å²) in [6, 6.07) is 7.94. The number of nitrogens with one attached hydrogen (secondary N) is 1. The van der Waals surface area contributed by atoms with Gasteiger partial charge >= 0.3 is 5.69 Å². The van der Waals surface area contributed by atoms with Crippen molar-refractivity contribution < 1.29 is 14.4 Å². The maximum atomic E-state index is 12.1. The molecule has 2 aromatic heterocycles. The van der Waals surface area contributed by atoms with Crippen molar-refractivity contribution in [3.05, 3.63) is 62.5 Å². The number of rotatable bonds is 4. The third kappa shape index (κ3) is 3.20. The first-order valence-electron chi connectivity index (χ1n) is 7.19. The lowest BCUT2D eigenvalue weighted by Crippen LogP contribution is -2.31. The second-order valence-corrected chi connectivity index (χ2v) is 5.08. The number of hydrogen-bond donors (Lipinski definition) is 2. The topological polar surface area (TPSA) is 123 Å². The van der Waals surface area contributed by atoms with Crippen molar-refractivity contribution in [2.75, 3.05) is 7.11 Å². The fourth-order valence-corrected chi connectivity index (χ4v) is 2.17. The van der Waals surface area contributed by atoms with Crippen LogP contribution in [0, 0.1) is 6.92 Å². The van der Waals surface area contributed by atoms with E-state index in [0.717, 1.165) is 10.8 Å². The van der Waals surface area contributed by atoms with Crippen molar-refractivity contribution in [3.8, 4) is 17.3 Å². The molecule has 0 saturated heterocycles. The summed E-state index contributed by atoms with van der Waals surface area (Å²) in [5.41, 5.74) is -1.37. The van der Waals surface area contributed by atoms with E-state index in [1.165, 1.54) is 7.11 Å². The SMILES string of the molecule is COc1ccc(-n2c(O)c(C=Nc3cc(C)on3)c(=O)[nH]c2=O)cc1. The van der Waals surface area contributed by atoms with Gasteiger partial charge in [-0.1, -0.05) is 5.16 Å². The van der Waals surface area contributed by atoms with Gasteiger partial charge in [-0.15, -0.1) is 0 Å². The van der Waals surface area contributed by atoms with Gasteiger partial charge in [0.2, 0.25) is 5.88 Å². The predicted octanol–water partition coefficient (Wildman–Crippen LogP) is 1.29. The number of H-pyrrole nitrogens is 1. The zero-order valence-electron chi connectivity index (χ0n) is 13.4. The molecule has 25 heavy (non-hydrogen) atoms. The number of aromatic nitrogens is 3. The van der Waals surface area contributed by atoms with Gasteiger partial charge in [-0.05, 0) is 31.2 Å². The van der Waals surface area contributed by atoms with E-state index < -0.39 is 17.1 Å². The summed E-state index contributed by atoms with van der Waals surface area (Å²) in [5, 5.41) is 14.0. The Balaban J connectivity index is 2.09. The predicted molar refractivity (Wildman–Crippen MR) is 89.4 cm³/mol. The second-order valence-electron chi connectivity index (χ2n) is 5.08. The molecule has 0 saturated carbocycles. The fraction of sp³-hybridized carbons (Fsp3) is 0.125. The lowest BCUT2D eigenvalue weighted by atomic mass is 10.2. The lowest BCUT2D eigenvalue weighted by molar-refractivity contribution is 0.399. The maximum Gasteiger partial charge on any atom is 0.335 e. The Morgan fingerprint density at radius 1 is 1.32 bits per heavy atom. The molecule has 9 nitrogen and oxygen atoms in total. The first-order chi connectivity index (χ1) is 12.0. The van der Waals surface area contributed by atoms with Crippen molar-refractivity contribution >= 4 is 12.0 Å². The van der Waals surface area contributed by atoms with Crippen molar-refractivity contribution in [1.82, 2.24) is 14.7 Å². The van der Waals surface area contributed by atoms with Gasteiger partial charge in [0.25, 0.3) is 5.56 Å². The fourth-order valence-electron chi connectivity index (χ4n) is 2.17. The van der Waals surface area contributed by atoms with Crippen LogP contribution in [-0.2, 0) is 0 Å². The van der Waals surface area contributed by atoms with Gasteiger partial charge in [0, 0.05) is 12.3 Å². The molecule has 3 rings (SSSR count). The standard InChI is InChI=1S/C16H14N4O5/c1-9-7-13(19-25-9)17-8-12-14(21)18-16(23)20(15(12)22)10-3-5-11(24-2)6-4-10/h3-8,22H,1-2H3,(H,18,21,23). The normalized spacial score (nSPS) is 11.1.